The molecule has 0 aromatic heterocycles. The number of hydrogen-bond acceptors (Lipinski definition) is 3. The van der Waals surface area contributed by atoms with E-state index in [2.05, 4.69) is 5.32 Å². The van der Waals surface area contributed by atoms with E-state index >= 15 is 0 Å². The minimum Gasteiger partial charge on any atom is -0.376 e. The highest BCUT2D eigenvalue weighted by atomic mass is 19.2. The molecule has 2 rings (SSSR count). The van der Waals surface area contributed by atoms with Crippen molar-refractivity contribution in [2.45, 2.75) is 6.10 Å². The van der Waals surface area contributed by atoms with Gasteiger partial charge in [0.15, 0.2) is 17.5 Å². The van der Waals surface area contributed by atoms with Crippen molar-refractivity contribution < 1.29 is 27.4 Å². The van der Waals surface area contributed by atoms with E-state index in [9.17, 15) is 18.0 Å². The molecule has 1 atom stereocenters. The van der Waals surface area contributed by atoms with E-state index in [0.29, 0.717) is 32.0 Å². The van der Waals surface area contributed by atoms with Crippen molar-refractivity contribution in [1.29, 1.82) is 0 Å². The maximum Gasteiger partial charge on any atom is 0.251 e. The van der Waals surface area contributed by atoms with E-state index in [1.165, 1.54) is 0 Å². The molecule has 1 aliphatic rings. The van der Waals surface area contributed by atoms with Gasteiger partial charge in [0.2, 0.25) is 0 Å². The lowest BCUT2D eigenvalue weighted by Gasteiger charge is -2.23. The molecule has 0 spiro atoms. The molecule has 1 saturated heterocycles. The summed E-state index contributed by atoms with van der Waals surface area (Å²) in [5.41, 5.74) is -0.284. The van der Waals surface area contributed by atoms with Gasteiger partial charge in [0.25, 0.3) is 5.91 Å². The summed E-state index contributed by atoms with van der Waals surface area (Å²) in [5, 5.41) is 2.44. The molecule has 0 aliphatic carbocycles. The maximum atomic E-state index is 13.0. The third-order valence-electron chi connectivity index (χ3n) is 2.62. The van der Waals surface area contributed by atoms with Gasteiger partial charge in [-0.25, -0.2) is 13.2 Å². The molecule has 1 heterocycles. The quantitative estimate of drug-likeness (QED) is 0.845. The van der Waals surface area contributed by atoms with E-state index in [1.807, 2.05) is 0 Å². The Morgan fingerprint density at radius 3 is 2.53 bits per heavy atom. The molecule has 0 saturated carbocycles. The van der Waals surface area contributed by atoms with Crippen molar-refractivity contribution in [2.24, 2.45) is 0 Å². The number of hydrogen-bond donors (Lipinski definition) is 1. The Kier molecular flexibility index (Phi) is 4.39. The molecule has 19 heavy (non-hydrogen) atoms. The maximum absolute atomic E-state index is 13.0. The fourth-order valence-corrected chi connectivity index (χ4v) is 1.65. The summed E-state index contributed by atoms with van der Waals surface area (Å²) in [5.74, 6) is -5.10. The third-order valence-corrected chi connectivity index (χ3v) is 2.62. The van der Waals surface area contributed by atoms with Crippen molar-refractivity contribution in [3.63, 3.8) is 0 Å². The number of ether oxygens (including phenoxy) is 2. The van der Waals surface area contributed by atoms with Crippen LogP contribution in [0.3, 0.4) is 0 Å². The molecule has 1 fully saturated rings. The highest BCUT2D eigenvalue weighted by Gasteiger charge is 2.18. The summed E-state index contributed by atoms with van der Waals surface area (Å²) < 4.78 is 49.1. The van der Waals surface area contributed by atoms with Gasteiger partial charge in [-0.1, -0.05) is 0 Å². The zero-order valence-electron chi connectivity index (χ0n) is 9.92. The summed E-state index contributed by atoms with van der Waals surface area (Å²) in [6.45, 7) is 1.42. The number of carbonyl (C=O) groups excluding carboxylic acids is 1. The Morgan fingerprint density at radius 2 is 1.95 bits per heavy atom. The van der Waals surface area contributed by atoms with Crippen molar-refractivity contribution >= 4 is 5.91 Å². The third kappa shape index (κ3) is 3.45. The predicted molar refractivity (Wildman–Crippen MR) is 59.2 cm³/mol. The van der Waals surface area contributed by atoms with Crippen LogP contribution in [0.4, 0.5) is 13.2 Å². The fraction of sp³-hybridized carbons (Fsp3) is 0.417. The predicted octanol–water partition coefficient (Wildman–Crippen LogP) is 1.25. The van der Waals surface area contributed by atoms with E-state index < -0.39 is 23.4 Å². The van der Waals surface area contributed by atoms with E-state index in [0.717, 1.165) is 0 Å². The number of benzene rings is 1. The van der Waals surface area contributed by atoms with Gasteiger partial charge in [0.1, 0.15) is 0 Å². The van der Waals surface area contributed by atoms with Crippen molar-refractivity contribution in [3.05, 3.63) is 35.1 Å². The molecule has 1 aromatic carbocycles. The molecule has 1 aliphatic heterocycles. The van der Waals surface area contributed by atoms with Crippen LogP contribution in [0, 0.1) is 17.5 Å². The summed E-state index contributed by atoms with van der Waals surface area (Å²) in [6.07, 6.45) is -0.298. The number of carbonyl (C=O) groups is 1. The minimum absolute atomic E-state index is 0.152. The van der Waals surface area contributed by atoms with Crippen LogP contribution in [0.5, 0.6) is 0 Å². The fourth-order valence-electron chi connectivity index (χ4n) is 1.65. The summed E-state index contributed by atoms with van der Waals surface area (Å²) in [6, 6.07) is 1.29. The Balaban J connectivity index is 1.96. The molecule has 1 unspecified atom stereocenters. The zero-order chi connectivity index (χ0) is 13.8. The lowest BCUT2D eigenvalue weighted by Crippen LogP contribution is -2.39. The highest BCUT2D eigenvalue weighted by molar-refractivity contribution is 5.94. The van der Waals surface area contributed by atoms with E-state index in [-0.39, 0.29) is 18.2 Å². The average Bonchev–Trinajstić information content (AvgIpc) is 2.42. The Hall–Kier alpha value is -1.60. The van der Waals surface area contributed by atoms with Gasteiger partial charge < -0.3 is 14.8 Å². The number of amides is 1. The Bertz CT molecular complexity index is 452. The largest absolute Gasteiger partial charge is 0.376 e. The van der Waals surface area contributed by atoms with Crippen LogP contribution < -0.4 is 5.32 Å². The number of nitrogens with one attached hydrogen (secondary N) is 1. The van der Waals surface area contributed by atoms with E-state index in [1.54, 1.807) is 0 Å². The van der Waals surface area contributed by atoms with E-state index in [4.69, 9.17) is 9.47 Å². The van der Waals surface area contributed by atoms with Gasteiger partial charge in [-0.3, -0.25) is 4.79 Å². The van der Waals surface area contributed by atoms with Gasteiger partial charge in [-0.2, -0.15) is 0 Å². The smallest absolute Gasteiger partial charge is 0.251 e. The first-order valence-electron chi connectivity index (χ1n) is 5.70. The SMILES string of the molecule is O=C(NCC1COCCO1)c1cc(F)c(F)c(F)c1. The minimum atomic E-state index is -1.60. The molecule has 7 heteroatoms. The molecule has 4 nitrogen and oxygen atoms in total. The summed E-state index contributed by atoms with van der Waals surface area (Å²) >= 11 is 0. The highest BCUT2D eigenvalue weighted by Crippen LogP contribution is 2.13. The Morgan fingerprint density at radius 1 is 1.26 bits per heavy atom. The first-order chi connectivity index (χ1) is 9.08. The molecule has 104 valence electrons. The second-order valence-electron chi connectivity index (χ2n) is 4.03. The topological polar surface area (TPSA) is 47.6 Å². The molecular weight excluding hydrogens is 263 g/mol. The average molecular weight is 275 g/mol. The number of rotatable bonds is 3. The standard InChI is InChI=1S/C12H12F3NO3/c13-9-3-7(4-10(14)11(9)15)12(17)16-5-8-6-18-1-2-19-8/h3-4,8H,1-2,5-6H2,(H,16,17). The van der Waals surface area contributed by atoms with Gasteiger partial charge >= 0.3 is 0 Å². The van der Waals surface area contributed by atoms with Gasteiger partial charge in [-0.05, 0) is 12.1 Å². The summed E-state index contributed by atoms with van der Waals surface area (Å²) in [7, 11) is 0. The number of halogens is 3. The van der Waals surface area contributed by atoms with Crippen LogP contribution in [0.15, 0.2) is 12.1 Å². The van der Waals surface area contributed by atoms with Crippen LogP contribution in [0.25, 0.3) is 0 Å². The molecule has 1 amide bonds. The normalized spacial score (nSPS) is 19.2. The second kappa shape index (κ2) is 6.03. The van der Waals surface area contributed by atoms with Gasteiger partial charge in [-0.15, -0.1) is 0 Å². The van der Waals surface area contributed by atoms with Crippen LogP contribution in [-0.4, -0.2) is 38.4 Å². The van der Waals surface area contributed by atoms with Gasteiger partial charge in [0.05, 0.1) is 25.9 Å². The zero-order valence-corrected chi connectivity index (χ0v) is 9.92. The van der Waals surface area contributed by atoms with Crippen LogP contribution >= 0.6 is 0 Å². The molecule has 0 bridgehead atoms. The first-order valence-corrected chi connectivity index (χ1v) is 5.70. The summed E-state index contributed by atoms with van der Waals surface area (Å²) in [4.78, 5) is 11.6. The monoisotopic (exact) mass is 275 g/mol. The second-order valence-corrected chi connectivity index (χ2v) is 4.03. The first kappa shape index (κ1) is 13.8. The molecule has 1 aromatic rings. The van der Waals surface area contributed by atoms with Crippen molar-refractivity contribution in [3.8, 4) is 0 Å². The molecular formula is C12H12F3NO3. The Labute approximate surface area is 107 Å². The van der Waals surface area contributed by atoms with Crippen LogP contribution in [0.2, 0.25) is 0 Å². The lowest BCUT2D eigenvalue weighted by molar-refractivity contribution is -0.0855. The molecule has 0 radical (unpaired) electrons. The van der Waals surface area contributed by atoms with Gasteiger partial charge in [0, 0.05) is 12.1 Å². The van der Waals surface area contributed by atoms with Crippen LogP contribution in [0.1, 0.15) is 10.4 Å². The van der Waals surface area contributed by atoms with Crippen molar-refractivity contribution in [1.82, 2.24) is 5.32 Å². The molecule has 1 N–H and O–H groups in total. The van der Waals surface area contributed by atoms with Crippen molar-refractivity contribution in [2.75, 3.05) is 26.4 Å². The van der Waals surface area contributed by atoms with Crippen LogP contribution in [-0.2, 0) is 9.47 Å². The lowest BCUT2D eigenvalue weighted by atomic mass is 10.2.